The Morgan fingerprint density at radius 2 is 1.83 bits per heavy atom. The fourth-order valence-corrected chi connectivity index (χ4v) is 3.52. The van der Waals surface area contributed by atoms with Crippen molar-refractivity contribution in [1.29, 1.82) is 0 Å². The summed E-state index contributed by atoms with van der Waals surface area (Å²) in [4.78, 5) is 21.3. The predicted octanol–water partition coefficient (Wildman–Crippen LogP) is 3.94. The topological polar surface area (TPSA) is 71.3 Å². The van der Waals surface area contributed by atoms with Crippen molar-refractivity contribution in [3.63, 3.8) is 0 Å². The predicted molar refractivity (Wildman–Crippen MR) is 118 cm³/mol. The highest BCUT2D eigenvalue weighted by atomic mass is 16.1. The lowest BCUT2D eigenvalue weighted by Crippen LogP contribution is -2.25. The molecule has 5 rings (SSSR count). The Balaban J connectivity index is 1.33. The number of anilines is 1. The van der Waals surface area contributed by atoms with Gasteiger partial charge in [0.1, 0.15) is 0 Å². The Kier molecular flexibility index (Phi) is 4.89. The second-order valence-corrected chi connectivity index (χ2v) is 7.60. The third-order valence-corrected chi connectivity index (χ3v) is 5.33. The summed E-state index contributed by atoms with van der Waals surface area (Å²) in [5, 5.41) is 6.42. The van der Waals surface area contributed by atoms with E-state index in [2.05, 4.69) is 44.9 Å². The maximum absolute atomic E-state index is 12.2. The normalized spacial score (nSPS) is 13.3. The lowest BCUT2D eigenvalue weighted by Gasteiger charge is -2.08. The second kappa shape index (κ2) is 7.99. The molecule has 2 aromatic carbocycles. The van der Waals surface area contributed by atoms with Gasteiger partial charge < -0.3 is 10.6 Å². The molecule has 1 aliphatic carbocycles. The van der Waals surface area contributed by atoms with Crippen LogP contribution in [0.4, 0.5) is 5.82 Å². The van der Waals surface area contributed by atoms with Gasteiger partial charge in [-0.05, 0) is 37.0 Å². The average Bonchev–Trinajstić information content (AvgIpc) is 3.49. The Morgan fingerprint density at radius 3 is 2.60 bits per heavy atom. The quantitative estimate of drug-likeness (QED) is 0.495. The molecule has 0 spiro atoms. The molecule has 2 N–H and O–H groups in total. The number of aromatic nitrogens is 3. The number of nitrogens with zero attached hydrogens (tertiary/aromatic N) is 3. The number of carbonyl (C=O) groups excluding carboxylic acids is 1. The summed E-state index contributed by atoms with van der Waals surface area (Å²) in [6.07, 6.45) is 8.62. The van der Waals surface area contributed by atoms with Gasteiger partial charge in [-0.3, -0.25) is 9.20 Å². The van der Waals surface area contributed by atoms with E-state index >= 15 is 0 Å². The highest BCUT2D eigenvalue weighted by Gasteiger charge is 2.23. The maximum Gasteiger partial charge on any atom is 0.251 e. The first-order valence-corrected chi connectivity index (χ1v) is 10.3. The smallest absolute Gasteiger partial charge is 0.251 e. The van der Waals surface area contributed by atoms with Crippen molar-refractivity contribution in [2.24, 2.45) is 0 Å². The van der Waals surface area contributed by atoms with E-state index in [9.17, 15) is 4.79 Å². The van der Waals surface area contributed by atoms with Crippen LogP contribution in [0.2, 0.25) is 0 Å². The van der Waals surface area contributed by atoms with Crippen LogP contribution in [0.5, 0.6) is 0 Å². The summed E-state index contributed by atoms with van der Waals surface area (Å²) in [5.41, 5.74) is 4.73. The molecule has 1 aliphatic rings. The Bertz CT molecular complexity index is 1160. The molecule has 1 fully saturated rings. The minimum Gasteiger partial charge on any atom is -0.367 e. The standard InChI is InChI=1S/C24H23N5O/c30-24(28-20-10-11-20)19-8-6-18(7-9-19)21-16-27-23-22(26-14-15-29(21)23)25-13-12-17-4-2-1-3-5-17/h1-9,14-16,20H,10-13H2,(H,25,26)(H,28,30). The second-order valence-electron chi connectivity index (χ2n) is 7.60. The van der Waals surface area contributed by atoms with Crippen molar-refractivity contribution in [2.75, 3.05) is 11.9 Å². The zero-order valence-electron chi connectivity index (χ0n) is 16.6. The molecule has 0 unspecified atom stereocenters. The SMILES string of the molecule is O=C(NC1CC1)c1ccc(-c2cnc3c(NCCc4ccccc4)nccn23)cc1. The number of amides is 1. The fraction of sp³-hybridized carbons (Fsp3) is 0.208. The van der Waals surface area contributed by atoms with E-state index in [1.807, 2.05) is 47.1 Å². The molecule has 0 aliphatic heterocycles. The lowest BCUT2D eigenvalue weighted by atomic mass is 10.1. The minimum absolute atomic E-state index is 0.00343. The molecule has 6 nitrogen and oxygen atoms in total. The van der Waals surface area contributed by atoms with E-state index in [0.29, 0.717) is 11.6 Å². The summed E-state index contributed by atoms with van der Waals surface area (Å²) in [6.45, 7) is 0.781. The molecule has 0 atom stereocenters. The molecule has 2 aromatic heterocycles. The summed E-state index contributed by atoms with van der Waals surface area (Å²) >= 11 is 0. The van der Waals surface area contributed by atoms with Gasteiger partial charge in [0.15, 0.2) is 11.5 Å². The zero-order chi connectivity index (χ0) is 20.3. The van der Waals surface area contributed by atoms with E-state index in [1.165, 1.54) is 5.56 Å². The molecule has 0 bridgehead atoms. The van der Waals surface area contributed by atoms with Gasteiger partial charge >= 0.3 is 0 Å². The van der Waals surface area contributed by atoms with Crippen molar-refractivity contribution in [1.82, 2.24) is 19.7 Å². The molecular weight excluding hydrogens is 374 g/mol. The van der Waals surface area contributed by atoms with Crippen LogP contribution in [0, 0.1) is 0 Å². The molecule has 1 saturated carbocycles. The van der Waals surface area contributed by atoms with Gasteiger partial charge in [-0.25, -0.2) is 9.97 Å². The third kappa shape index (κ3) is 3.89. The number of fused-ring (bicyclic) bond motifs is 1. The first kappa shape index (κ1) is 18.4. The lowest BCUT2D eigenvalue weighted by molar-refractivity contribution is 0.0951. The highest BCUT2D eigenvalue weighted by Crippen LogP contribution is 2.24. The van der Waals surface area contributed by atoms with Gasteiger partial charge in [-0.15, -0.1) is 0 Å². The molecule has 0 radical (unpaired) electrons. The summed E-state index contributed by atoms with van der Waals surface area (Å²) in [5.74, 6) is 0.761. The third-order valence-electron chi connectivity index (χ3n) is 5.33. The maximum atomic E-state index is 12.2. The van der Waals surface area contributed by atoms with Gasteiger partial charge in [0.25, 0.3) is 5.91 Å². The van der Waals surface area contributed by atoms with Crippen molar-refractivity contribution < 1.29 is 4.79 Å². The number of benzene rings is 2. The van der Waals surface area contributed by atoms with Crippen LogP contribution in [-0.4, -0.2) is 32.9 Å². The number of carbonyl (C=O) groups is 1. The van der Waals surface area contributed by atoms with Gasteiger partial charge in [0.2, 0.25) is 0 Å². The van der Waals surface area contributed by atoms with Gasteiger partial charge in [0, 0.05) is 36.1 Å². The monoisotopic (exact) mass is 397 g/mol. The number of hydrogen-bond donors (Lipinski definition) is 2. The highest BCUT2D eigenvalue weighted by molar-refractivity contribution is 5.95. The van der Waals surface area contributed by atoms with E-state index in [4.69, 9.17) is 0 Å². The average molecular weight is 397 g/mol. The first-order chi connectivity index (χ1) is 14.8. The first-order valence-electron chi connectivity index (χ1n) is 10.3. The number of rotatable bonds is 7. The van der Waals surface area contributed by atoms with Gasteiger partial charge in [-0.2, -0.15) is 0 Å². The van der Waals surface area contributed by atoms with Crippen LogP contribution < -0.4 is 10.6 Å². The van der Waals surface area contributed by atoms with E-state index in [1.54, 1.807) is 6.20 Å². The molecule has 150 valence electrons. The number of hydrogen-bond acceptors (Lipinski definition) is 4. The molecule has 0 saturated heterocycles. The van der Waals surface area contributed by atoms with Crippen LogP contribution in [-0.2, 0) is 6.42 Å². The minimum atomic E-state index is -0.00343. The van der Waals surface area contributed by atoms with Crippen LogP contribution >= 0.6 is 0 Å². The molecule has 6 heteroatoms. The van der Waals surface area contributed by atoms with Crippen LogP contribution in [0.3, 0.4) is 0 Å². The zero-order valence-corrected chi connectivity index (χ0v) is 16.6. The van der Waals surface area contributed by atoms with E-state index in [0.717, 1.165) is 48.5 Å². The number of imidazole rings is 1. The van der Waals surface area contributed by atoms with Gasteiger partial charge in [-0.1, -0.05) is 42.5 Å². The Morgan fingerprint density at radius 1 is 1.03 bits per heavy atom. The van der Waals surface area contributed by atoms with Crippen LogP contribution in [0.1, 0.15) is 28.8 Å². The number of nitrogens with one attached hydrogen (secondary N) is 2. The van der Waals surface area contributed by atoms with Crippen molar-refractivity contribution in [3.8, 4) is 11.3 Å². The van der Waals surface area contributed by atoms with Gasteiger partial charge in [0.05, 0.1) is 11.9 Å². The molecule has 1 amide bonds. The summed E-state index contributed by atoms with van der Waals surface area (Å²) in [6, 6.07) is 18.4. The molecule has 4 aromatic rings. The Labute approximate surface area is 175 Å². The van der Waals surface area contributed by atoms with Crippen molar-refractivity contribution in [2.45, 2.75) is 25.3 Å². The molecule has 2 heterocycles. The summed E-state index contributed by atoms with van der Waals surface area (Å²) < 4.78 is 2.02. The van der Waals surface area contributed by atoms with E-state index < -0.39 is 0 Å². The Hall–Kier alpha value is -3.67. The fourth-order valence-electron chi connectivity index (χ4n) is 3.52. The largest absolute Gasteiger partial charge is 0.367 e. The van der Waals surface area contributed by atoms with Crippen molar-refractivity contribution in [3.05, 3.63) is 84.3 Å². The van der Waals surface area contributed by atoms with Crippen LogP contribution in [0.25, 0.3) is 16.9 Å². The molecular formula is C24H23N5O. The van der Waals surface area contributed by atoms with E-state index in [-0.39, 0.29) is 5.91 Å². The van der Waals surface area contributed by atoms with Crippen molar-refractivity contribution >= 4 is 17.4 Å². The molecule has 30 heavy (non-hydrogen) atoms. The summed E-state index contributed by atoms with van der Waals surface area (Å²) in [7, 11) is 0. The van der Waals surface area contributed by atoms with Crippen LogP contribution in [0.15, 0.2) is 73.2 Å².